The van der Waals surface area contributed by atoms with Gasteiger partial charge in [-0.2, -0.15) is 0 Å². The first kappa shape index (κ1) is 19.7. The standard InChI is InChI=1S/C16H26N2O2.ClH/c1-6-7-8-20-14-9-11(2)15(12(3)10-14)18(5)16(19)13(4)17;/h9-10,13H,6-8,17H2,1-5H3;1H. The number of nitrogens with zero attached hydrogens (tertiary/aromatic N) is 1. The van der Waals surface area contributed by atoms with E-state index in [2.05, 4.69) is 6.92 Å². The fraction of sp³-hybridized carbons (Fsp3) is 0.562. The summed E-state index contributed by atoms with van der Waals surface area (Å²) in [6.45, 7) is 8.53. The van der Waals surface area contributed by atoms with Crippen LogP contribution in [0.2, 0.25) is 0 Å². The third-order valence-corrected chi connectivity index (χ3v) is 3.29. The van der Waals surface area contributed by atoms with Crippen LogP contribution >= 0.6 is 12.4 Å². The lowest BCUT2D eigenvalue weighted by Crippen LogP contribution is -2.40. The average Bonchev–Trinajstić information content (AvgIpc) is 2.37. The molecule has 21 heavy (non-hydrogen) atoms. The molecule has 0 aliphatic carbocycles. The number of likely N-dealkylation sites (N-methyl/N-ethyl adjacent to an activating group) is 1. The van der Waals surface area contributed by atoms with Crippen LogP contribution in [0.3, 0.4) is 0 Å². The number of carbonyl (C=O) groups is 1. The van der Waals surface area contributed by atoms with Crippen molar-refractivity contribution in [3.8, 4) is 5.75 Å². The molecule has 0 aromatic heterocycles. The zero-order valence-corrected chi connectivity index (χ0v) is 14.4. The van der Waals surface area contributed by atoms with Crippen molar-refractivity contribution in [3.05, 3.63) is 23.3 Å². The van der Waals surface area contributed by atoms with E-state index in [-0.39, 0.29) is 18.3 Å². The molecule has 1 unspecified atom stereocenters. The first-order chi connectivity index (χ1) is 9.38. The summed E-state index contributed by atoms with van der Waals surface area (Å²) in [5, 5.41) is 0. The molecule has 2 N–H and O–H groups in total. The molecule has 0 aliphatic rings. The molecule has 1 atom stereocenters. The van der Waals surface area contributed by atoms with E-state index in [1.54, 1.807) is 18.9 Å². The molecule has 1 aromatic rings. The molecule has 4 nitrogen and oxygen atoms in total. The second-order valence-corrected chi connectivity index (χ2v) is 5.29. The van der Waals surface area contributed by atoms with E-state index in [0.717, 1.165) is 42.0 Å². The van der Waals surface area contributed by atoms with Crippen molar-refractivity contribution in [1.82, 2.24) is 0 Å². The minimum Gasteiger partial charge on any atom is -0.494 e. The molecule has 0 aliphatic heterocycles. The lowest BCUT2D eigenvalue weighted by Gasteiger charge is -2.24. The monoisotopic (exact) mass is 314 g/mol. The minimum absolute atomic E-state index is 0. The third-order valence-electron chi connectivity index (χ3n) is 3.29. The summed E-state index contributed by atoms with van der Waals surface area (Å²) in [6.07, 6.45) is 2.16. The van der Waals surface area contributed by atoms with Crippen molar-refractivity contribution in [2.24, 2.45) is 5.73 Å². The summed E-state index contributed by atoms with van der Waals surface area (Å²) in [6, 6.07) is 3.45. The fourth-order valence-corrected chi connectivity index (χ4v) is 2.28. The minimum atomic E-state index is -0.501. The highest BCUT2D eigenvalue weighted by Crippen LogP contribution is 2.29. The number of amides is 1. The van der Waals surface area contributed by atoms with Gasteiger partial charge in [-0.05, 0) is 50.5 Å². The maximum Gasteiger partial charge on any atom is 0.243 e. The van der Waals surface area contributed by atoms with Gasteiger partial charge in [0, 0.05) is 12.7 Å². The molecule has 5 heteroatoms. The van der Waals surface area contributed by atoms with Crippen LogP contribution in [-0.4, -0.2) is 25.6 Å². The smallest absolute Gasteiger partial charge is 0.243 e. The Balaban J connectivity index is 0.00000400. The van der Waals surface area contributed by atoms with Gasteiger partial charge in [0.05, 0.1) is 12.6 Å². The Morgan fingerprint density at radius 2 is 1.86 bits per heavy atom. The van der Waals surface area contributed by atoms with Crippen LogP contribution in [0, 0.1) is 13.8 Å². The fourth-order valence-electron chi connectivity index (χ4n) is 2.28. The number of halogens is 1. The summed E-state index contributed by atoms with van der Waals surface area (Å²) in [5.74, 6) is 0.773. The highest BCUT2D eigenvalue weighted by atomic mass is 35.5. The Kier molecular flexibility index (Phi) is 8.37. The van der Waals surface area contributed by atoms with Crippen LogP contribution < -0.4 is 15.4 Å². The molecule has 0 radical (unpaired) electrons. The number of rotatable bonds is 6. The lowest BCUT2D eigenvalue weighted by molar-refractivity contribution is -0.119. The summed E-state index contributed by atoms with van der Waals surface area (Å²) < 4.78 is 5.72. The molecule has 1 amide bonds. The number of hydrogen-bond donors (Lipinski definition) is 1. The van der Waals surface area contributed by atoms with Gasteiger partial charge in [-0.1, -0.05) is 13.3 Å². The van der Waals surface area contributed by atoms with Crippen LogP contribution in [0.15, 0.2) is 12.1 Å². The SMILES string of the molecule is CCCCOc1cc(C)c(N(C)C(=O)C(C)N)c(C)c1.Cl. The molecule has 1 aromatic carbocycles. The Labute approximate surface area is 134 Å². The van der Waals surface area contributed by atoms with E-state index < -0.39 is 6.04 Å². The average molecular weight is 315 g/mol. The maximum atomic E-state index is 12.0. The Morgan fingerprint density at radius 1 is 1.33 bits per heavy atom. The third kappa shape index (κ3) is 5.21. The number of hydrogen-bond acceptors (Lipinski definition) is 3. The Morgan fingerprint density at radius 3 is 2.29 bits per heavy atom. The number of anilines is 1. The Bertz CT molecular complexity index is 452. The van der Waals surface area contributed by atoms with E-state index in [4.69, 9.17) is 10.5 Å². The molecule has 0 bridgehead atoms. The molecule has 0 saturated heterocycles. The van der Waals surface area contributed by atoms with Crippen LogP contribution in [-0.2, 0) is 4.79 Å². The maximum absolute atomic E-state index is 12.0. The van der Waals surface area contributed by atoms with Crippen LogP contribution in [0.5, 0.6) is 5.75 Å². The molecule has 0 fully saturated rings. The van der Waals surface area contributed by atoms with Crippen molar-refractivity contribution in [2.45, 2.75) is 46.6 Å². The predicted octanol–water partition coefficient (Wildman–Crippen LogP) is 3.21. The van der Waals surface area contributed by atoms with Gasteiger partial charge in [0.15, 0.2) is 0 Å². The number of carbonyl (C=O) groups excluding carboxylic acids is 1. The second-order valence-electron chi connectivity index (χ2n) is 5.29. The van der Waals surface area contributed by atoms with Gasteiger partial charge >= 0.3 is 0 Å². The van der Waals surface area contributed by atoms with E-state index in [1.807, 2.05) is 26.0 Å². The van der Waals surface area contributed by atoms with E-state index in [0.29, 0.717) is 0 Å². The zero-order valence-electron chi connectivity index (χ0n) is 13.6. The number of unbranched alkanes of at least 4 members (excludes halogenated alkanes) is 1. The van der Waals surface area contributed by atoms with Crippen molar-refractivity contribution < 1.29 is 9.53 Å². The van der Waals surface area contributed by atoms with Crippen molar-refractivity contribution in [2.75, 3.05) is 18.6 Å². The number of ether oxygens (including phenoxy) is 1. The second kappa shape index (κ2) is 8.90. The largest absolute Gasteiger partial charge is 0.494 e. The molecule has 120 valence electrons. The lowest BCUT2D eigenvalue weighted by atomic mass is 10.1. The summed E-state index contributed by atoms with van der Waals surface area (Å²) in [5.41, 5.74) is 8.62. The highest BCUT2D eigenvalue weighted by Gasteiger charge is 2.19. The van der Waals surface area contributed by atoms with Gasteiger partial charge in [-0.25, -0.2) is 0 Å². The normalized spacial score (nSPS) is 11.5. The molecular weight excluding hydrogens is 288 g/mol. The van der Waals surface area contributed by atoms with Crippen molar-refractivity contribution in [3.63, 3.8) is 0 Å². The zero-order chi connectivity index (χ0) is 15.3. The van der Waals surface area contributed by atoms with Gasteiger partial charge in [-0.3, -0.25) is 4.79 Å². The molecule has 0 heterocycles. The van der Waals surface area contributed by atoms with Crippen molar-refractivity contribution in [1.29, 1.82) is 0 Å². The molecule has 1 rings (SSSR count). The van der Waals surface area contributed by atoms with Gasteiger partial charge in [-0.15, -0.1) is 12.4 Å². The molecular formula is C16H27ClN2O2. The van der Waals surface area contributed by atoms with Crippen LogP contribution in [0.4, 0.5) is 5.69 Å². The summed E-state index contributed by atoms with van der Waals surface area (Å²) in [4.78, 5) is 13.6. The van der Waals surface area contributed by atoms with Crippen LogP contribution in [0.1, 0.15) is 37.8 Å². The quantitative estimate of drug-likeness (QED) is 0.820. The first-order valence-corrected chi connectivity index (χ1v) is 7.15. The number of nitrogens with two attached hydrogens (primary N) is 1. The topological polar surface area (TPSA) is 55.6 Å². The van der Waals surface area contributed by atoms with E-state index in [1.165, 1.54) is 0 Å². The molecule has 0 spiro atoms. The van der Waals surface area contributed by atoms with Gasteiger partial charge in [0.2, 0.25) is 5.91 Å². The van der Waals surface area contributed by atoms with Crippen molar-refractivity contribution >= 4 is 24.0 Å². The number of aryl methyl sites for hydroxylation is 2. The first-order valence-electron chi connectivity index (χ1n) is 7.15. The van der Waals surface area contributed by atoms with E-state index >= 15 is 0 Å². The summed E-state index contributed by atoms with van der Waals surface area (Å²) >= 11 is 0. The number of benzene rings is 1. The highest BCUT2D eigenvalue weighted by molar-refractivity contribution is 5.97. The van der Waals surface area contributed by atoms with Gasteiger partial charge in [0.25, 0.3) is 0 Å². The van der Waals surface area contributed by atoms with E-state index in [9.17, 15) is 4.79 Å². The van der Waals surface area contributed by atoms with Gasteiger partial charge < -0.3 is 15.4 Å². The summed E-state index contributed by atoms with van der Waals surface area (Å²) in [7, 11) is 1.76. The van der Waals surface area contributed by atoms with Gasteiger partial charge in [0.1, 0.15) is 5.75 Å². The molecule has 0 saturated carbocycles. The Hall–Kier alpha value is -1.26. The predicted molar refractivity (Wildman–Crippen MR) is 90.6 cm³/mol. The van der Waals surface area contributed by atoms with Crippen LogP contribution in [0.25, 0.3) is 0 Å².